The number of nitrogens with zero attached hydrogens (tertiary/aromatic N) is 1. The molecule has 0 N–H and O–H groups in total. The summed E-state index contributed by atoms with van der Waals surface area (Å²) in [4.78, 5) is 13.2. The van der Waals surface area contributed by atoms with Crippen LogP contribution in [0.5, 0.6) is 11.5 Å². The van der Waals surface area contributed by atoms with E-state index >= 15 is 0 Å². The lowest BCUT2D eigenvalue weighted by Gasteiger charge is -2.28. The van der Waals surface area contributed by atoms with Crippen LogP contribution >= 0.6 is 11.6 Å². The Bertz CT molecular complexity index is 931. The van der Waals surface area contributed by atoms with Crippen LogP contribution < -0.4 is 9.47 Å². The number of methoxy groups -OCH3 is 2. The molecule has 1 saturated heterocycles. The number of hydrogen-bond acceptors (Lipinski definition) is 5. The van der Waals surface area contributed by atoms with Gasteiger partial charge in [-0.05, 0) is 36.2 Å². The summed E-state index contributed by atoms with van der Waals surface area (Å²) >= 11 is 5.68. The number of benzene rings is 2. The summed E-state index contributed by atoms with van der Waals surface area (Å²) in [5, 5.41) is -0.614. The van der Waals surface area contributed by atoms with Gasteiger partial charge in [0.15, 0.2) is 0 Å². The molecule has 0 spiro atoms. The van der Waals surface area contributed by atoms with Crippen molar-refractivity contribution in [2.75, 3.05) is 27.4 Å². The van der Waals surface area contributed by atoms with E-state index < -0.39 is 34.8 Å². The molecule has 3 rings (SSSR count). The largest absolute Gasteiger partial charge is 0.496 e. The standard InChI is InChI=1S/C21H20ClF4NO4/c1-29-16-4-3-5-17(30-2)18(16)20-27(14(10-28)11-31-20)7-6-12-8-13(21(24,25)26)9-15(22)19(12)23/h3-5,8-10,14,20H,6-7,11H2,1-2H3. The van der Waals surface area contributed by atoms with E-state index in [1.807, 2.05) is 0 Å². The molecule has 1 heterocycles. The zero-order chi connectivity index (χ0) is 22.8. The summed E-state index contributed by atoms with van der Waals surface area (Å²) in [6.07, 6.45) is -4.89. The first-order valence-electron chi connectivity index (χ1n) is 9.29. The Hall–Kier alpha value is -2.36. The first-order valence-corrected chi connectivity index (χ1v) is 9.67. The van der Waals surface area contributed by atoms with Crippen LogP contribution in [0.1, 0.15) is 22.9 Å². The molecule has 5 nitrogen and oxygen atoms in total. The van der Waals surface area contributed by atoms with Crippen LogP contribution in [0.25, 0.3) is 0 Å². The van der Waals surface area contributed by atoms with E-state index in [1.54, 1.807) is 23.1 Å². The zero-order valence-electron chi connectivity index (χ0n) is 16.7. The van der Waals surface area contributed by atoms with Crippen molar-refractivity contribution in [1.29, 1.82) is 0 Å². The minimum Gasteiger partial charge on any atom is -0.496 e. The van der Waals surface area contributed by atoms with Gasteiger partial charge in [0.2, 0.25) is 0 Å². The Balaban J connectivity index is 1.93. The molecule has 2 aromatic carbocycles. The van der Waals surface area contributed by atoms with Gasteiger partial charge in [0, 0.05) is 6.54 Å². The van der Waals surface area contributed by atoms with E-state index in [9.17, 15) is 22.4 Å². The second-order valence-corrected chi connectivity index (χ2v) is 7.29. The van der Waals surface area contributed by atoms with Crippen molar-refractivity contribution in [3.8, 4) is 11.5 Å². The average molecular weight is 462 g/mol. The van der Waals surface area contributed by atoms with Crippen LogP contribution in [0, 0.1) is 5.82 Å². The van der Waals surface area contributed by atoms with Crippen molar-refractivity contribution in [2.24, 2.45) is 0 Å². The lowest BCUT2D eigenvalue weighted by Crippen LogP contribution is -2.36. The molecule has 0 bridgehead atoms. The van der Waals surface area contributed by atoms with Crippen LogP contribution in [0.15, 0.2) is 30.3 Å². The number of carbonyl (C=O) groups is 1. The minimum absolute atomic E-state index is 0.0316. The summed E-state index contributed by atoms with van der Waals surface area (Å²) in [7, 11) is 2.93. The Morgan fingerprint density at radius 1 is 1.23 bits per heavy atom. The normalized spacial score (nSPS) is 19.5. The molecule has 2 aromatic rings. The predicted molar refractivity (Wildman–Crippen MR) is 105 cm³/mol. The molecule has 31 heavy (non-hydrogen) atoms. The van der Waals surface area contributed by atoms with Crippen molar-refractivity contribution in [3.05, 3.63) is 57.9 Å². The second kappa shape index (κ2) is 9.42. The maximum Gasteiger partial charge on any atom is 0.416 e. The molecule has 0 saturated carbocycles. The van der Waals surface area contributed by atoms with Crippen LogP contribution in [-0.4, -0.2) is 44.6 Å². The molecule has 0 radical (unpaired) electrons. The zero-order valence-corrected chi connectivity index (χ0v) is 17.5. The van der Waals surface area contributed by atoms with Gasteiger partial charge in [-0.25, -0.2) is 4.39 Å². The van der Waals surface area contributed by atoms with Crippen molar-refractivity contribution in [3.63, 3.8) is 0 Å². The molecule has 2 atom stereocenters. The molecule has 1 fully saturated rings. The van der Waals surface area contributed by atoms with Gasteiger partial charge in [-0.3, -0.25) is 4.90 Å². The average Bonchev–Trinajstić information content (AvgIpc) is 3.15. The highest BCUT2D eigenvalue weighted by Gasteiger charge is 2.39. The number of aldehydes is 1. The number of alkyl halides is 3. The Morgan fingerprint density at radius 2 is 1.87 bits per heavy atom. The van der Waals surface area contributed by atoms with Gasteiger partial charge in [0.1, 0.15) is 29.8 Å². The van der Waals surface area contributed by atoms with Gasteiger partial charge in [-0.1, -0.05) is 17.7 Å². The molecule has 0 aromatic heterocycles. The van der Waals surface area contributed by atoms with Gasteiger partial charge in [-0.2, -0.15) is 13.2 Å². The second-order valence-electron chi connectivity index (χ2n) is 6.88. The Morgan fingerprint density at radius 3 is 2.42 bits per heavy atom. The first kappa shape index (κ1) is 23.3. The van der Waals surface area contributed by atoms with Gasteiger partial charge < -0.3 is 19.0 Å². The van der Waals surface area contributed by atoms with E-state index in [4.69, 9.17) is 25.8 Å². The quantitative estimate of drug-likeness (QED) is 0.443. The third kappa shape index (κ3) is 4.78. The van der Waals surface area contributed by atoms with Crippen molar-refractivity contribution in [2.45, 2.75) is 24.9 Å². The Labute approximate surface area is 181 Å². The Kier molecular flexibility index (Phi) is 7.08. The first-order chi connectivity index (χ1) is 14.7. The number of ether oxygens (including phenoxy) is 3. The van der Waals surface area contributed by atoms with Crippen LogP contribution in [0.2, 0.25) is 5.02 Å². The van der Waals surface area contributed by atoms with Crippen molar-refractivity contribution < 1.29 is 36.6 Å². The molecule has 2 unspecified atom stereocenters. The van der Waals surface area contributed by atoms with E-state index in [1.165, 1.54) is 14.2 Å². The summed E-state index contributed by atoms with van der Waals surface area (Å²) in [6.45, 7) is 0.0883. The topological polar surface area (TPSA) is 48.0 Å². The van der Waals surface area contributed by atoms with Crippen molar-refractivity contribution >= 4 is 17.9 Å². The van der Waals surface area contributed by atoms with Crippen molar-refractivity contribution in [1.82, 2.24) is 4.90 Å². The highest BCUT2D eigenvalue weighted by molar-refractivity contribution is 6.30. The van der Waals surface area contributed by atoms with Gasteiger partial charge in [-0.15, -0.1) is 0 Å². The molecule has 1 aliphatic heterocycles. The summed E-state index contributed by atoms with van der Waals surface area (Å²) < 4.78 is 70.3. The van der Waals surface area contributed by atoms with E-state index in [0.29, 0.717) is 29.4 Å². The third-order valence-electron chi connectivity index (χ3n) is 5.09. The minimum atomic E-state index is -4.67. The highest BCUT2D eigenvalue weighted by Crippen LogP contribution is 2.41. The van der Waals surface area contributed by atoms with Gasteiger partial charge in [0.25, 0.3) is 0 Å². The van der Waals surface area contributed by atoms with Crippen LogP contribution in [-0.2, 0) is 22.1 Å². The molecular weight excluding hydrogens is 442 g/mol. The van der Waals surface area contributed by atoms with Crippen LogP contribution in [0.3, 0.4) is 0 Å². The lowest BCUT2D eigenvalue weighted by atomic mass is 10.0. The maximum absolute atomic E-state index is 14.4. The monoisotopic (exact) mass is 461 g/mol. The SMILES string of the molecule is COc1cccc(OC)c1C1OCC(C=O)N1CCc1cc(C(F)(F)F)cc(Cl)c1F. The van der Waals surface area contributed by atoms with E-state index in [0.717, 1.165) is 6.07 Å². The lowest BCUT2D eigenvalue weighted by molar-refractivity contribution is -0.137. The molecule has 1 aliphatic rings. The summed E-state index contributed by atoms with van der Waals surface area (Å²) in [5.41, 5.74) is -0.719. The molecule has 168 valence electrons. The predicted octanol–water partition coefficient (Wildman–Crippen LogP) is 4.66. The number of rotatable bonds is 7. The molecular formula is C21H20ClF4NO4. The fourth-order valence-electron chi connectivity index (χ4n) is 3.57. The smallest absolute Gasteiger partial charge is 0.416 e. The van der Waals surface area contributed by atoms with Gasteiger partial charge >= 0.3 is 6.18 Å². The maximum atomic E-state index is 14.4. The fraction of sp³-hybridized carbons (Fsp3) is 0.381. The summed E-state index contributed by atoms with van der Waals surface area (Å²) in [6, 6.07) is 5.71. The number of halogens is 5. The third-order valence-corrected chi connectivity index (χ3v) is 5.37. The van der Waals surface area contributed by atoms with E-state index in [-0.39, 0.29) is 25.1 Å². The number of hydrogen-bond donors (Lipinski definition) is 0. The van der Waals surface area contributed by atoms with Crippen LogP contribution in [0.4, 0.5) is 17.6 Å². The molecule has 0 aliphatic carbocycles. The summed E-state index contributed by atoms with van der Waals surface area (Å²) in [5.74, 6) is -0.0211. The van der Waals surface area contributed by atoms with Gasteiger partial charge in [0.05, 0.1) is 43.0 Å². The highest BCUT2D eigenvalue weighted by atomic mass is 35.5. The molecule has 0 amide bonds. The molecule has 10 heteroatoms. The van der Waals surface area contributed by atoms with E-state index in [2.05, 4.69) is 0 Å². The number of carbonyl (C=O) groups excluding carboxylic acids is 1. The fourth-order valence-corrected chi connectivity index (χ4v) is 3.81.